The lowest BCUT2D eigenvalue weighted by Crippen LogP contribution is -2.31. The van der Waals surface area contributed by atoms with Gasteiger partial charge in [0, 0.05) is 30.2 Å². The van der Waals surface area contributed by atoms with E-state index in [1.165, 1.54) is 0 Å². The van der Waals surface area contributed by atoms with E-state index in [-0.39, 0.29) is 5.91 Å². The predicted octanol–water partition coefficient (Wildman–Crippen LogP) is 0.849. The van der Waals surface area contributed by atoms with E-state index >= 15 is 0 Å². The van der Waals surface area contributed by atoms with E-state index in [1.54, 1.807) is 6.20 Å². The van der Waals surface area contributed by atoms with Crippen LogP contribution >= 0.6 is 0 Å². The summed E-state index contributed by atoms with van der Waals surface area (Å²) in [4.78, 5) is 19.0. The van der Waals surface area contributed by atoms with Gasteiger partial charge in [0.15, 0.2) is 0 Å². The van der Waals surface area contributed by atoms with Gasteiger partial charge in [-0.3, -0.25) is 4.79 Å². The molecule has 0 saturated heterocycles. The fourth-order valence-corrected chi connectivity index (χ4v) is 1.91. The molecule has 3 heterocycles. The summed E-state index contributed by atoms with van der Waals surface area (Å²) in [6.07, 6.45) is 2.58. The van der Waals surface area contributed by atoms with Crippen LogP contribution in [-0.4, -0.2) is 22.4 Å². The summed E-state index contributed by atoms with van der Waals surface area (Å²) in [6.45, 7) is 0.707. The molecule has 0 aromatic carbocycles. The molecule has 2 aromatic heterocycles. The molecule has 0 spiro atoms. The lowest BCUT2D eigenvalue weighted by atomic mass is 10.1. The van der Waals surface area contributed by atoms with Crippen LogP contribution in [0.3, 0.4) is 0 Å². The molecule has 0 bridgehead atoms. The minimum absolute atomic E-state index is 0.00509. The Hall–Kier alpha value is -1.84. The SMILES string of the molecule is O=C1NCCc2[nH]c3ncccc3c21. The van der Waals surface area contributed by atoms with Crippen LogP contribution in [0.5, 0.6) is 0 Å². The first-order valence-electron chi connectivity index (χ1n) is 4.60. The first-order chi connectivity index (χ1) is 6.86. The summed E-state index contributed by atoms with van der Waals surface area (Å²) in [5.41, 5.74) is 2.57. The number of aromatic amines is 1. The van der Waals surface area contributed by atoms with Crippen molar-refractivity contribution in [1.29, 1.82) is 0 Å². The van der Waals surface area contributed by atoms with Crippen LogP contribution < -0.4 is 5.32 Å². The van der Waals surface area contributed by atoms with Gasteiger partial charge in [0.25, 0.3) is 5.91 Å². The van der Waals surface area contributed by atoms with Crippen molar-refractivity contribution in [2.45, 2.75) is 6.42 Å². The minimum Gasteiger partial charge on any atom is -0.352 e. The van der Waals surface area contributed by atoms with Crippen LogP contribution in [0.2, 0.25) is 0 Å². The van der Waals surface area contributed by atoms with E-state index in [0.717, 1.165) is 28.7 Å². The zero-order valence-electron chi connectivity index (χ0n) is 7.50. The van der Waals surface area contributed by atoms with Crippen molar-refractivity contribution in [2.75, 3.05) is 6.54 Å². The fraction of sp³-hybridized carbons (Fsp3) is 0.200. The van der Waals surface area contributed by atoms with Crippen LogP contribution in [0.15, 0.2) is 18.3 Å². The molecule has 0 atom stereocenters. The molecule has 70 valence electrons. The Bertz CT molecular complexity index is 515. The van der Waals surface area contributed by atoms with Gasteiger partial charge in [-0.05, 0) is 12.1 Å². The number of carbonyl (C=O) groups excluding carboxylic acids is 1. The molecular weight excluding hydrogens is 178 g/mol. The Balaban J connectivity index is 2.39. The van der Waals surface area contributed by atoms with Crippen LogP contribution in [-0.2, 0) is 6.42 Å². The van der Waals surface area contributed by atoms with Gasteiger partial charge < -0.3 is 10.3 Å². The number of hydrogen-bond donors (Lipinski definition) is 2. The topological polar surface area (TPSA) is 57.8 Å². The lowest BCUT2D eigenvalue weighted by Gasteiger charge is -2.11. The highest BCUT2D eigenvalue weighted by atomic mass is 16.1. The smallest absolute Gasteiger partial charge is 0.253 e. The third-order valence-corrected chi connectivity index (χ3v) is 2.54. The zero-order valence-corrected chi connectivity index (χ0v) is 7.50. The molecule has 0 saturated carbocycles. The molecule has 0 unspecified atom stereocenters. The summed E-state index contributed by atoms with van der Waals surface area (Å²) in [5, 5.41) is 3.75. The van der Waals surface area contributed by atoms with E-state index in [1.807, 2.05) is 12.1 Å². The highest BCUT2D eigenvalue weighted by Crippen LogP contribution is 2.22. The fourth-order valence-electron chi connectivity index (χ4n) is 1.91. The number of pyridine rings is 1. The monoisotopic (exact) mass is 187 g/mol. The van der Waals surface area contributed by atoms with E-state index < -0.39 is 0 Å². The van der Waals surface area contributed by atoms with Gasteiger partial charge in [0.2, 0.25) is 0 Å². The average Bonchev–Trinajstić information content (AvgIpc) is 2.57. The molecule has 2 aromatic rings. The number of aromatic nitrogens is 2. The highest BCUT2D eigenvalue weighted by molar-refractivity contribution is 6.08. The zero-order chi connectivity index (χ0) is 9.54. The molecule has 4 heteroatoms. The lowest BCUT2D eigenvalue weighted by molar-refractivity contribution is 0.0947. The van der Waals surface area contributed by atoms with Gasteiger partial charge in [-0.25, -0.2) is 4.98 Å². The molecule has 1 aliphatic rings. The molecule has 14 heavy (non-hydrogen) atoms. The van der Waals surface area contributed by atoms with Crippen molar-refractivity contribution < 1.29 is 4.79 Å². The Morgan fingerprint density at radius 1 is 1.43 bits per heavy atom. The van der Waals surface area contributed by atoms with Crippen molar-refractivity contribution in [3.8, 4) is 0 Å². The second kappa shape index (κ2) is 2.57. The summed E-state index contributed by atoms with van der Waals surface area (Å²) in [6, 6.07) is 3.76. The highest BCUT2D eigenvalue weighted by Gasteiger charge is 2.21. The first kappa shape index (κ1) is 7.55. The summed E-state index contributed by atoms with van der Waals surface area (Å²) < 4.78 is 0. The summed E-state index contributed by atoms with van der Waals surface area (Å²) in [5.74, 6) is 0.00509. The molecule has 1 amide bonds. The van der Waals surface area contributed by atoms with Gasteiger partial charge in [0.1, 0.15) is 5.65 Å². The number of nitrogens with one attached hydrogen (secondary N) is 2. The number of H-pyrrole nitrogens is 1. The number of hydrogen-bond acceptors (Lipinski definition) is 2. The molecule has 0 radical (unpaired) electrons. The van der Waals surface area contributed by atoms with Crippen LogP contribution in [0.1, 0.15) is 16.1 Å². The maximum absolute atomic E-state index is 11.6. The van der Waals surface area contributed by atoms with E-state index in [4.69, 9.17) is 0 Å². The van der Waals surface area contributed by atoms with Crippen LogP contribution in [0, 0.1) is 0 Å². The molecule has 2 N–H and O–H groups in total. The predicted molar refractivity (Wildman–Crippen MR) is 52.1 cm³/mol. The van der Waals surface area contributed by atoms with Crippen LogP contribution in [0.4, 0.5) is 0 Å². The van der Waals surface area contributed by atoms with Crippen molar-refractivity contribution in [3.05, 3.63) is 29.6 Å². The van der Waals surface area contributed by atoms with Gasteiger partial charge in [-0.1, -0.05) is 0 Å². The van der Waals surface area contributed by atoms with Gasteiger partial charge in [-0.15, -0.1) is 0 Å². The van der Waals surface area contributed by atoms with Crippen LogP contribution in [0.25, 0.3) is 11.0 Å². The second-order valence-electron chi connectivity index (χ2n) is 3.38. The first-order valence-corrected chi connectivity index (χ1v) is 4.60. The maximum Gasteiger partial charge on any atom is 0.253 e. The minimum atomic E-state index is 0.00509. The maximum atomic E-state index is 11.6. The average molecular weight is 187 g/mol. The standard InChI is InChI=1S/C10H9N3O/c14-10-8-6-2-1-4-11-9(6)13-7(8)3-5-12-10/h1-2,4H,3,5H2,(H,11,13)(H,12,14). The summed E-state index contributed by atoms with van der Waals surface area (Å²) >= 11 is 0. The van der Waals surface area contributed by atoms with E-state index in [2.05, 4.69) is 15.3 Å². The molecule has 0 fully saturated rings. The van der Waals surface area contributed by atoms with Crippen molar-refractivity contribution in [2.24, 2.45) is 0 Å². The molecule has 3 rings (SSSR count). The normalized spacial score (nSPS) is 15.3. The second-order valence-corrected chi connectivity index (χ2v) is 3.38. The van der Waals surface area contributed by atoms with Crippen molar-refractivity contribution in [1.82, 2.24) is 15.3 Å². The van der Waals surface area contributed by atoms with Crippen molar-refractivity contribution >= 4 is 16.9 Å². The molecule has 1 aliphatic heterocycles. The third-order valence-electron chi connectivity index (χ3n) is 2.54. The largest absolute Gasteiger partial charge is 0.352 e. The Labute approximate surface area is 80.3 Å². The third kappa shape index (κ3) is 0.878. The number of rotatable bonds is 0. The quantitative estimate of drug-likeness (QED) is 0.642. The Morgan fingerprint density at radius 2 is 2.36 bits per heavy atom. The number of amides is 1. The summed E-state index contributed by atoms with van der Waals surface area (Å²) in [7, 11) is 0. The van der Waals surface area contributed by atoms with Gasteiger partial charge in [-0.2, -0.15) is 0 Å². The van der Waals surface area contributed by atoms with Gasteiger partial charge >= 0.3 is 0 Å². The van der Waals surface area contributed by atoms with Crippen molar-refractivity contribution in [3.63, 3.8) is 0 Å². The number of carbonyl (C=O) groups is 1. The molecule has 4 nitrogen and oxygen atoms in total. The van der Waals surface area contributed by atoms with E-state index in [9.17, 15) is 4.79 Å². The molecule has 0 aliphatic carbocycles. The Kier molecular flexibility index (Phi) is 1.39. The molecular formula is C10H9N3O. The van der Waals surface area contributed by atoms with E-state index in [0.29, 0.717) is 6.54 Å². The number of nitrogens with zero attached hydrogens (tertiary/aromatic N) is 1. The Morgan fingerprint density at radius 3 is 3.29 bits per heavy atom. The number of fused-ring (bicyclic) bond motifs is 3. The van der Waals surface area contributed by atoms with Gasteiger partial charge in [0.05, 0.1) is 5.56 Å².